The van der Waals surface area contributed by atoms with Crippen LogP contribution < -0.4 is 4.74 Å². The topological polar surface area (TPSA) is 9.23 Å². The van der Waals surface area contributed by atoms with Gasteiger partial charge >= 0.3 is 0 Å². The normalized spacial score (nSPS) is 10.4. The Morgan fingerprint density at radius 1 is 1.06 bits per heavy atom. The van der Waals surface area contributed by atoms with E-state index in [1.165, 1.54) is 4.90 Å². The minimum atomic E-state index is 0.404. The van der Waals surface area contributed by atoms with Gasteiger partial charge in [-0.05, 0) is 48.2 Å². The number of hydrogen-bond acceptors (Lipinski definition) is 2. The van der Waals surface area contributed by atoms with E-state index in [1.807, 2.05) is 42.7 Å². The molecular formula is C14H12Cl2OS. The predicted molar refractivity (Wildman–Crippen MR) is 79.3 cm³/mol. The van der Waals surface area contributed by atoms with E-state index in [2.05, 4.69) is 0 Å². The molecule has 0 aliphatic carbocycles. The van der Waals surface area contributed by atoms with Crippen molar-refractivity contribution in [3.63, 3.8) is 0 Å². The van der Waals surface area contributed by atoms with Crippen molar-refractivity contribution >= 4 is 35.0 Å². The van der Waals surface area contributed by atoms with Gasteiger partial charge in [0.25, 0.3) is 0 Å². The second-order valence-electron chi connectivity index (χ2n) is 3.66. The Morgan fingerprint density at radius 2 is 1.72 bits per heavy atom. The first kappa shape index (κ1) is 13.6. The molecule has 2 rings (SSSR count). The molecule has 0 atom stereocenters. The zero-order valence-corrected chi connectivity index (χ0v) is 12.1. The molecule has 0 aromatic heterocycles. The van der Waals surface area contributed by atoms with Gasteiger partial charge in [0, 0.05) is 15.8 Å². The predicted octanol–water partition coefficient (Wildman–Crippen LogP) is 5.59. The molecule has 0 unspecified atom stereocenters. The summed E-state index contributed by atoms with van der Waals surface area (Å²) in [5.74, 6) is 1.91. The molecule has 0 spiro atoms. The smallest absolute Gasteiger partial charge is 0.128 e. The first-order valence-corrected chi connectivity index (χ1v) is 7.53. The molecule has 94 valence electrons. The molecule has 0 aliphatic rings. The molecule has 0 heterocycles. The van der Waals surface area contributed by atoms with Crippen molar-refractivity contribution in [3.8, 4) is 11.5 Å². The van der Waals surface area contributed by atoms with Crippen LogP contribution >= 0.6 is 35.0 Å². The Hall–Kier alpha value is -0.830. The average Bonchev–Trinajstić information content (AvgIpc) is 2.40. The zero-order valence-electron chi connectivity index (χ0n) is 9.82. The van der Waals surface area contributed by atoms with Crippen LogP contribution in [0.15, 0.2) is 47.4 Å². The minimum Gasteiger partial charge on any atom is -0.457 e. The van der Waals surface area contributed by atoms with E-state index in [-0.39, 0.29) is 0 Å². The molecule has 0 bridgehead atoms. The van der Waals surface area contributed by atoms with E-state index in [1.54, 1.807) is 17.8 Å². The maximum Gasteiger partial charge on any atom is 0.128 e. The van der Waals surface area contributed by atoms with E-state index in [9.17, 15) is 0 Å². The summed E-state index contributed by atoms with van der Waals surface area (Å²) in [5.41, 5.74) is 0.906. The van der Waals surface area contributed by atoms with Gasteiger partial charge in [0.15, 0.2) is 0 Å². The molecule has 0 saturated heterocycles. The highest BCUT2D eigenvalue weighted by molar-refractivity contribution is 7.98. The molecule has 0 radical (unpaired) electrons. The molecule has 0 amide bonds. The van der Waals surface area contributed by atoms with Gasteiger partial charge in [0.2, 0.25) is 0 Å². The molecule has 2 aromatic rings. The fourth-order valence-corrected chi connectivity index (χ4v) is 2.43. The quantitative estimate of drug-likeness (QED) is 0.537. The van der Waals surface area contributed by atoms with Gasteiger partial charge in [0.1, 0.15) is 11.5 Å². The minimum absolute atomic E-state index is 0.404. The monoisotopic (exact) mass is 298 g/mol. The number of rotatable bonds is 4. The SMILES string of the molecule is CSc1ccc(Oc2ccc(CCl)c(Cl)c2)cc1. The van der Waals surface area contributed by atoms with Crippen LogP contribution in [0, 0.1) is 0 Å². The van der Waals surface area contributed by atoms with Crippen molar-refractivity contribution in [1.29, 1.82) is 0 Å². The number of alkyl halides is 1. The Bertz CT molecular complexity index is 526. The van der Waals surface area contributed by atoms with Crippen molar-refractivity contribution in [2.75, 3.05) is 6.26 Å². The molecule has 0 saturated carbocycles. The molecule has 0 fully saturated rings. The maximum atomic E-state index is 6.08. The summed E-state index contributed by atoms with van der Waals surface area (Å²) in [6, 6.07) is 13.4. The van der Waals surface area contributed by atoms with E-state index >= 15 is 0 Å². The summed E-state index contributed by atoms with van der Waals surface area (Å²) >= 11 is 13.5. The first-order valence-electron chi connectivity index (χ1n) is 5.39. The van der Waals surface area contributed by atoms with Gasteiger partial charge in [0.05, 0.1) is 0 Å². The van der Waals surface area contributed by atoms with Gasteiger partial charge in [-0.15, -0.1) is 23.4 Å². The second kappa shape index (κ2) is 6.37. The van der Waals surface area contributed by atoms with E-state index in [4.69, 9.17) is 27.9 Å². The number of thioether (sulfide) groups is 1. The number of hydrogen-bond donors (Lipinski definition) is 0. The number of halogens is 2. The largest absolute Gasteiger partial charge is 0.457 e. The highest BCUT2D eigenvalue weighted by Gasteiger charge is 2.03. The molecule has 4 heteroatoms. The van der Waals surface area contributed by atoms with Crippen LogP contribution in [0.25, 0.3) is 0 Å². The van der Waals surface area contributed by atoms with Gasteiger partial charge in [-0.1, -0.05) is 17.7 Å². The van der Waals surface area contributed by atoms with Crippen LogP contribution in [0.4, 0.5) is 0 Å². The van der Waals surface area contributed by atoms with Crippen LogP contribution in [0.2, 0.25) is 5.02 Å². The van der Waals surface area contributed by atoms with Crippen molar-refractivity contribution < 1.29 is 4.74 Å². The molecule has 1 nitrogen and oxygen atoms in total. The highest BCUT2D eigenvalue weighted by atomic mass is 35.5. The average molecular weight is 299 g/mol. The summed E-state index contributed by atoms with van der Waals surface area (Å²) in [6.45, 7) is 0. The molecular weight excluding hydrogens is 287 g/mol. The lowest BCUT2D eigenvalue weighted by Crippen LogP contribution is -1.86. The molecule has 2 aromatic carbocycles. The Labute approximate surface area is 121 Å². The van der Waals surface area contributed by atoms with E-state index < -0.39 is 0 Å². The van der Waals surface area contributed by atoms with Crippen LogP contribution in [0.1, 0.15) is 5.56 Å². The van der Waals surface area contributed by atoms with Crippen molar-refractivity contribution in [2.45, 2.75) is 10.8 Å². The Balaban J connectivity index is 2.15. The lowest BCUT2D eigenvalue weighted by atomic mass is 10.2. The van der Waals surface area contributed by atoms with Crippen LogP contribution in [0.3, 0.4) is 0 Å². The van der Waals surface area contributed by atoms with Crippen molar-refractivity contribution in [2.24, 2.45) is 0 Å². The zero-order chi connectivity index (χ0) is 13.0. The van der Waals surface area contributed by atoms with Crippen LogP contribution in [-0.4, -0.2) is 6.26 Å². The summed E-state index contributed by atoms with van der Waals surface area (Å²) in [5, 5.41) is 0.628. The first-order chi connectivity index (χ1) is 8.72. The Morgan fingerprint density at radius 3 is 2.28 bits per heavy atom. The Kier molecular flexibility index (Phi) is 4.81. The summed E-state index contributed by atoms with van der Waals surface area (Å²) in [6.07, 6.45) is 2.04. The molecule has 0 N–H and O–H groups in total. The van der Waals surface area contributed by atoms with E-state index in [0.717, 1.165) is 11.3 Å². The second-order valence-corrected chi connectivity index (χ2v) is 5.22. The van der Waals surface area contributed by atoms with Crippen LogP contribution in [0.5, 0.6) is 11.5 Å². The van der Waals surface area contributed by atoms with E-state index in [0.29, 0.717) is 16.7 Å². The third-order valence-corrected chi connectivity index (χ3v) is 3.85. The number of ether oxygens (including phenoxy) is 1. The van der Waals surface area contributed by atoms with Crippen molar-refractivity contribution in [1.82, 2.24) is 0 Å². The fraction of sp³-hybridized carbons (Fsp3) is 0.143. The lowest BCUT2D eigenvalue weighted by Gasteiger charge is -2.08. The number of benzene rings is 2. The van der Waals surface area contributed by atoms with Crippen molar-refractivity contribution in [3.05, 3.63) is 53.1 Å². The molecule has 0 aliphatic heterocycles. The maximum absolute atomic E-state index is 6.08. The summed E-state index contributed by atoms with van der Waals surface area (Å²) in [7, 11) is 0. The highest BCUT2D eigenvalue weighted by Crippen LogP contribution is 2.28. The third kappa shape index (κ3) is 3.35. The summed E-state index contributed by atoms with van der Waals surface area (Å²) in [4.78, 5) is 1.21. The van der Waals surface area contributed by atoms with Gasteiger partial charge in [-0.3, -0.25) is 0 Å². The fourth-order valence-electron chi connectivity index (χ4n) is 1.48. The standard InChI is InChI=1S/C14H12Cl2OS/c1-18-13-6-4-11(5-7-13)17-12-3-2-10(9-15)14(16)8-12/h2-8H,9H2,1H3. The third-order valence-electron chi connectivity index (χ3n) is 2.46. The molecule has 18 heavy (non-hydrogen) atoms. The van der Waals surface area contributed by atoms with Gasteiger partial charge in [-0.2, -0.15) is 0 Å². The van der Waals surface area contributed by atoms with Crippen LogP contribution in [-0.2, 0) is 5.88 Å². The summed E-state index contributed by atoms with van der Waals surface area (Å²) < 4.78 is 5.72. The lowest BCUT2D eigenvalue weighted by molar-refractivity contribution is 0.482. The van der Waals surface area contributed by atoms with Gasteiger partial charge < -0.3 is 4.74 Å². The van der Waals surface area contributed by atoms with Gasteiger partial charge in [-0.25, -0.2) is 0 Å².